The van der Waals surface area contributed by atoms with Crippen molar-refractivity contribution in [1.82, 2.24) is 0 Å². The predicted octanol–water partition coefficient (Wildman–Crippen LogP) is 6.59. The van der Waals surface area contributed by atoms with E-state index in [1.807, 2.05) is 18.2 Å². The van der Waals surface area contributed by atoms with Gasteiger partial charge in [-0.25, -0.2) is 0 Å². The van der Waals surface area contributed by atoms with Crippen molar-refractivity contribution in [2.45, 2.75) is 82.7 Å². The summed E-state index contributed by atoms with van der Waals surface area (Å²) in [6.45, 7) is 9.78. The third-order valence-electron chi connectivity index (χ3n) is 5.36. The molecule has 1 aromatic carbocycles. The van der Waals surface area contributed by atoms with E-state index in [1.165, 1.54) is 5.56 Å². The lowest BCUT2D eigenvalue weighted by atomic mass is 9.91. The first-order chi connectivity index (χ1) is 13.8. The molecule has 0 radical (unpaired) electrons. The zero-order valence-corrected chi connectivity index (χ0v) is 17.5. The highest BCUT2D eigenvalue weighted by Crippen LogP contribution is 2.35. The van der Waals surface area contributed by atoms with Gasteiger partial charge in [0.15, 0.2) is 5.79 Å². The third-order valence-corrected chi connectivity index (χ3v) is 5.36. The molecule has 28 heavy (non-hydrogen) atoms. The first kappa shape index (κ1) is 22.9. The summed E-state index contributed by atoms with van der Waals surface area (Å²) in [7, 11) is 0. The quantitative estimate of drug-likeness (QED) is 0.193. The zero-order valence-electron chi connectivity index (χ0n) is 17.5. The minimum absolute atomic E-state index is 0.294. The standard InChI is InChI=1S/C25H38O3/c1-3-5-7-12-20-27-25(28-21-13-8-6-4-2)18-16-24(17-19-25)26-22-23-14-10-9-11-15-23/h3-4,9-11,14-15,24H,1-2,5-8,12-13,16-22H2. The fourth-order valence-electron chi connectivity index (χ4n) is 3.61. The van der Waals surface area contributed by atoms with Gasteiger partial charge < -0.3 is 14.2 Å². The Morgan fingerprint density at radius 3 is 1.96 bits per heavy atom. The maximum atomic E-state index is 6.30. The summed E-state index contributed by atoms with van der Waals surface area (Å²) < 4.78 is 18.7. The molecular weight excluding hydrogens is 348 g/mol. The van der Waals surface area contributed by atoms with E-state index < -0.39 is 5.79 Å². The van der Waals surface area contributed by atoms with Crippen molar-refractivity contribution in [2.75, 3.05) is 13.2 Å². The van der Waals surface area contributed by atoms with Crippen LogP contribution in [0, 0.1) is 0 Å². The third kappa shape index (κ3) is 8.72. The van der Waals surface area contributed by atoms with Gasteiger partial charge in [-0.3, -0.25) is 0 Å². The second kappa shape index (κ2) is 13.7. The van der Waals surface area contributed by atoms with Crippen LogP contribution in [-0.4, -0.2) is 25.1 Å². The second-order valence-electron chi connectivity index (χ2n) is 7.67. The van der Waals surface area contributed by atoms with Crippen molar-refractivity contribution in [3.05, 3.63) is 61.2 Å². The van der Waals surface area contributed by atoms with Gasteiger partial charge in [0.05, 0.1) is 25.9 Å². The molecule has 3 nitrogen and oxygen atoms in total. The van der Waals surface area contributed by atoms with Gasteiger partial charge >= 0.3 is 0 Å². The highest BCUT2D eigenvalue weighted by Gasteiger charge is 2.37. The van der Waals surface area contributed by atoms with E-state index in [2.05, 4.69) is 37.4 Å². The second-order valence-corrected chi connectivity index (χ2v) is 7.67. The monoisotopic (exact) mass is 386 g/mol. The number of benzene rings is 1. The lowest BCUT2D eigenvalue weighted by molar-refractivity contribution is -0.262. The van der Waals surface area contributed by atoms with Crippen LogP contribution in [0.5, 0.6) is 0 Å². The average molecular weight is 387 g/mol. The Hall–Kier alpha value is -1.42. The lowest BCUT2D eigenvalue weighted by Crippen LogP contribution is -2.42. The Kier molecular flexibility index (Phi) is 11.2. The Bertz CT molecular complexity index is 512. The molecule has 156 valence electrons. The molecule has 1 fully saturated rings. The van der Waals surface area contributed by atoms with Gasteiger partial charge in [0.2, 0.25) is 0 Å². The van der Waals surface area contributed by atoms with Crippen LogP contribution in [-0.2, 0) is 20.8 Å². The maximum Gasteiger partial charge on any atom is 0.168 e. The molecule has 1 aliphatic rings. The molecule has 3 heteroatoms. The van der Waals surface area contributed by atoms with Gasteiger partial charge in [0.1, 0.15) is 0 Å². The van der Waals surface area contributed by atoms with Crippen LogP contribution in [0.3, 0.4) is 0 Å². The number of allylic oxidation sites excluding steroid dienone is 2. The van der Waals surface area contributed by atoms with Crippen molar-refractivity contribution < 1.29 is 14.2 Å². The number of unbranched alkanes of at least 4 members (excludes halogenated alkanes) is 4. The molecule has 0 spiro atoms. The molecule has 0 atom stereocenters. The summed E-state index contributed by atoms with van der Waals surface area (Å²) in [5, 5.41) is 0. The van der Waals surface area contributed by atoms with Crippen LogP contribution in [0.2, 0.25) is 0 Å². The van der Waals surface area contributed by atoms with Crippen LogP contribution in [0.25, 0.3) is 0 Å². The summed E-state index contributed by atoms with van der Waals surface area (Å²) in [5.74, 6) is -0.422. The largest absolute Gasteiger partial charge is 0.374 e. The van der Waals surface area contributed by atoms with Crippen molar-refractivity contribution in [3.63, 3.8) is 0 Å². The van der Waals surface area contributed by atoms with E-state index in [9.17, 15) is 0 Å². The predicted molar refractivity (Wildman–Crippen MR) is 116 cm³/mol. The Balaban J connectivity index is 1.76. The molecule has 0 heterocycles. The van der Waals surface area contributed by atoms with Crippen LogP contribution in [0.4, 0.5) is 0 Å². The zero-order chi connectivity index (χ0) is 19.9. The molecule has 0 unspecified atom stereocenters. The van der Waals surface area contributed by atoms with E-state index in [-0.39, 0.29) is 0 Å². The molecule has 0 N–H and O–H groups in total. The normalized spacial score (nSPS) is 16.7. The molecule has 0 aliphatic heterocycles. The smallest absolute Gasteiger partial charge is 0.168 e. The van der Waals surface area contributed by atoms with E-state index in [4.69, 9.17) is 14.2 Å². The number of rotatable bonds is 15. The van der Waals surface area contributed by atoms with Crippen molar-refractivity contribution in [3.8, 4) is 0 Å². The van der Waals surface area contributed by atoms with E-state index in [0.29, 0.717) is 12.7 Å². The molecule has 1 aromatic rings. The lowest BCUT2D eigenvalue weighted by Gasteiger charge is -2.40. The van der Waals surface area contributed by atoms with Gasteiger partial charge in [-0.2, -0.15) is 0 Å². The molecule has 0 saturated heterocycles. The summed E-state index contributed by atoms with van der Waals surface area (Å²) in [5.41, 5.74) is 1.23. The van der Waals surface area contributed by atoms with Gasteiger partial charge in [0.25, 0.3) is 0 Å². The van der Waals surface area contributed by atoms with E-state index in [1.54, 1.807) is 0 Å². The van der Waals surface area contributed by atoms with Gasteiger partial charge in [-0.1, -0.05) is 42.5 Å². The maximum absolute atomic E-state index is 6.30. The van der Waals surface area contributed by atoms with E-state index >= 15 is 0 Å². The fraction of sp³-hybridized carbons (Fsp3) is 0.600. The Morgan fingerprint density at radius 2 is 1.43 bits per heavy atom. The summed E-state index contributed by atoms with van der Waals surface area (Å²) in [6.07, 6.45) is 14.5. The number of hydrogen-bond donors (Lipinski definition) is 0. The SMILES string of the molecule is C=CCCCCOC1(OCCCCC=C)CCC(OCc2ccccc2)CC1. The van der Waals surface area contributed by atoms with Crippen molar-refractivity contribution in [1.29, 1.82) is 0 Å². The topological polar surface area (TPSA) is 27.7 Å². The van der Waals surface area contributed by atoms with Crippen LogP contribution >= 0.6 is 0 Å². The first-order valence-corrected chi connectivity index (χ1v) is 10.9. The van der Waals surface area contributed by atoms with Crippen molar-refractivity contribution >= 4 is 0 Å². The molecule has 0 amide bonds. The minimum atomic E-state index is -0.422. The highest BCUT2D eigenvalue weighted by atomic mass is 16.7. The van der Waals surface area contributed by atoms with Crippen LogP contribution in [0.1, 0.15) is 69.8 Å². The van der Waals surface area contributed by atoms with Gasteiger partial charge in [0, 0.05) is 12.8 Å². The summed E-state index contributed by atoms with van der Waals surface area (Å²) in [6, 6.07) is 10.4. The number of ether oxygens (including phenoxy) is 3. The molecule has 1 aliphatic carbocycles. The summed E-state index contributed by atoms with van der Waals surface area (Å²) in [4.78, 5) is 0. The van der Waals surface area contributed by atoms with Crippen LogP contribution in [0.15, 0.2) is 55.6 Å². The minimum Gasteiger partial charge on any atom is -0.374 e. The average Bonchev–Trinajstić information content (AvgIpc) is 2.74. The highest BCUT2D eigenvalue weighted by molar-refractivity contribution is 5.13. The van der Waals surface area contributed by atoms with Crippen LogP contribution < -0.4 is 0 Å². The molecule has 0 aromatic heterocycles. The molecule has 1 saturated carbocycles. The first-order valence-electron chi connectivity index (χ1n) is 10.9. The van der Waals surface area contributed by atoms with Crippen molar-refractivity contribution in [2.24, 2.45) is 0 Å². The molecule has 0 bridgehead atoms. The van der Waals surface area contributed by atoms with E-state index in [0.717, 1.165) is 77.4 Å². The Morgan fingerprint density at radius 1 is 0.857 bits per heavy atom. The molecule has 2 rings (SSSR count). The van der Waals surface area contributed by atoms with Gasteiger partial charge in [-0.05, 0) is 56.9 Å². The van der Waals surface area contributed by atoms with Gasteiger partial charge in [-0.15, -0.1) is 13.2 Å². The summed E-state index contributed by atoms with van der Waals surface area (Å²) >= 11 is 0. The number of hydrogen-bond acceptors (Lipinski definition) is 3. The fourth-order valence-corrected chi connectivity index (χ4v) is 3.61. The Labute approximate surface area is 171 Å². The molecular formula is C25H38O3.